The molecule has 1 aromatic carbocycles. The zero-order valence-electron chi connectivity index (χ0n) is 11.4. The van der Waals surface area contributed by atoms with Gasteiger partial charge in [0, 0.05) is 35.7 Å². The number of ether oxygens (including phenoxy) is 2. The predicted molar refractivity (Wildman–Crippen MR) is 78.4 cm³/mol. The predicted octanol–water partition coefficient (Wildman–Crippen LogP) is 3.23. The maximum absolute atomic E-state index is 13.3. The van der Waals surface area contributed by atoms with Crippen molar-refractivity contribution in [3.05, 3.63) is 24.0 Å². The number of anilines is 1. The van der Waals surface area contributed by atoms with Gasteiger partial charge in [0.25, 0.3) is 0 Å². The Morgan fingerprint density at radius 2 is 2.05 bits per heavy atom. The fourth-order valence-corrected chi connectivity index (χ4v) is 4.31. The molecule has 0 aromatic heterocycles. The number of benzene rings is 1. The second kappa shape index (κ2) is 5.92. The minimum atomic E-state index is -0.227. The van der Waals surface area contributed by atoms with Crippen molar-refractivity contribution in [2.24, 2.45) is 0 Å². The SMILES string of the molecule is Nc1ccc(F)cc1SC1CCOC2(CCOCC2)C1. The van der Waals surface area contributed by atoms with Gasteiger partial charge in [-0.1, -0.05) is 0 Å². The molecule has 0 saturated carbocycles. The summed E-state index contributed by atoms with van der Waals surface area (Å²) in [7, 11) is 0. The summed E-state index contributed by atoms with van der Waals surface area (Å²) in [5.41, 5.74) is 6.56. The number of hydrogen-bond donors (Lipinski definition) is 1. The smallest absolute Gasteiger partial charge is 0.124 e. The van der Waals surface area contributed by atoms with E-state index in [0.29, 0.717) is 10.9 Å². The standard InChI is InChI=1S/C15H20FNO2S/c16-11-1-2-13(17)14(9-11)20-12-3-6-19-15(10-12)4-7-18-8-5-15/h1-2,9,12H,3-8,10,17H2. The number of nitrogens with two attached hydrogens (primary N) is 1. The summed E-state index contributed by atoms with van der Waals surface area (Å²) in [4.78, 5) is 0.846. The largest absolute Gasteiger partial charge is 0.398 e. The van der Waals surface area contributed by atoms with Crippen LogP contribution in [0.1, 0.15) is 25.7 Å². The summed E-state index contributed by atoms with van der Waals surface area (Å²) < 4.78 is 24.8. The summed E-state index contributed by atoms with van der Waals surface area (Å²) in [5, 5.41) is 0.436. The first-order valence-electron chi connectivity index (χ1n) is 7.10. The lowest BCUT2D eigenvalue weighted by Crippen LogP contribution is -2.45. The van der Waals surface area contributed by atoms with E-state index >= 15 is 0 Å². The molecule has 2 heterocycles. The van der Waals surface area contributed by atoms with Gasteiger partial charge in [-0.3, -0.25) is 0 Å². The van der Waals surface area contributed by atoms with E-state index in [1.807, 2.05) is 0 Å². The number of nitrogen functional groups attached to an aromatic ring is 1. The van der Waals surface area contributed by atoms with Gasteiger partial charge < -0.3 is 15.2 Å². The van der Waals surface area contributed by atoms with E-state index in [1.165, 1.54) is 12.1 Å². The summed E-state index contributed by atoms with van der Waals surface area (Å²) >= 11 is 1.69. The summed E-state index contributed by atoms with van der Waals surface area (Å²) in [5.74, 6) is -0.227. The monoisotopic (exact) mass is 297 g/mol. The summed E-state index contributed by atoms with van der Waals surface area (Å²) in [6, 6.07) is 4.58. The number of halogens is 1. The molecule has 1 aromatic rings. The second-order valence-electron chi connectivity index (χ2n) is 5.56. The van der Waals surface area contributed by atoms with Crippen molar-refractivity contribution in [3.8, 4) is 0 Å². The molecule has 3 rings (SSSR count). The van der Waals surface area contributed by atoms with Crippen molar-refractivity contribution in [1.29, 1.82) is 0 Å². The lowest BCUT2D eigenvalue weighted by Gasteiger charge is -2.43. The first-order chi connectivity index (χ1) is 9.67. The zero-order valence-corrected chi connectivity index (χ0v) is 12.3. The quantitative estimate of drug-likeness (QED) is 0.851. The highest BCUT2D eigenvalue weighted by atomic mass is 32.2. The fraction of sp³-hybridized carbons (Fsp3) is 0.600. The molecule has 0 amide bonds. The van der Waals surface area contributed by atoms with Gasteiger partial charge in [0.1, 0.15) is 5.82 Å². The fourth-order valence-electron chi connectivity index (χ4n) is 2.97. The first kappa shape index (κ1) is 14.2. The topological polar surface area (TPSA) is 44.5 Å². The summed E-state index contributed by atoms with van der Waals surface area (Å²) in [6.45, 7) is 2.33. The third-order valence-electron chi connectivity index (χ3n) is 4.12. The third-order valence-corrected chi connectivity index (χ3v) is 5.46. The Balaban J connectivity index is 1.69. The van der Waals surface area contributed by atoms with E-state index in [2.05, 4.69) is 0 Å². The van der Waals surface area contributed by atoms with Crippen LogP contribution in [0.2, 0.25) is 0 Å². The highest BCUT2D eigenvalue weighted by Crippen LogP contribution is 2.42. The van der Waals surface area contributed by atoms with Gasteiger partial charge in [-0.25, -0.2) is 4.39 Å². The van der Waals surface area contributed by atoms with Crippen molar-refractivity contribution in [1.82, 2.24) is 0 Å². The molecule has 5 heteroatoms. The van der Waals surface area contributed by atoms with Gasteiger partial charge in [-0.15, -0.1) is 11.8 Å². The van der Waals surface area contributed by atoms with Crippen LogP contribution in [0.5, 0.6) is 0 Å². The van der Waals surface area contributed by atoms with E-state index in [9.17, 15) is 4.39 Å². The molecule has 0 bridgehead atoms. The first-order valence-corrected chi connectivity index (χ1v) is 7.98. The highest BCUT2D eigenvalue weighted by molar-refractivity contribution is 8.00. The van der Waals surface area contributed by atoms with E-state index in [0.717, 1.165) is 50.4 Å². The molecule has 20 heavy (non-hydrogen) atoms. The Kier molecular flexibility index (Phi) is 4.19. The molecule has 3 nitrogen and oxygen atoms in total. The van der Waals surface area contributed by atoms with Gasteiger partial charge in [0.05, 0.1) is 5.60 Å². The van der Waals surface area contributed by atoms with Crippen LogP contribution in [0.4, 0.5) is 10.1 Å². The maximum atomic E-state index is 13.3. The Hall–Kier alpha value is -0.780. The molecule has 2 aliphatic rings. The van der Waals surface area contributed by atoms with Gasteiger partial charge in [-0.2, -0.15) is 0 Å². The molecule has 0 radical (unpaired) electrons. The van der Waals surface area contributed by atoms with Crippen LogP contribution in [0, 0.1) is 5.82 Å². The average Bonchev–Trinajstić information content (AvgIpc) is 2.44. The van der Waals surface area contributed by atoms with E-state index < -0.39 is 0 Å². The van der Waals surface area contributed by atoms with E-state index in [4.69, 9.17) is 15.2 Å². The van der Waals surface area contributed by atoms with E-state index in [-0.39, 0.29) is 11.4 Å². The van der Waals surface area contributed by atoms with Crippen LogP contribution in [0.3, 0.4) is 0 Å². The molecule has 2 aliphatic heterocycles. The van der Waals surface area contributed by atoms with Gasteiger partial charge in [0.2, 0.25) is 0 Å². The molecule has 2 fully saturated rings. The molecule has 1 spiro atoms. The van der Waals surface area contributed by atoms with Crippen molar-refractivity contribution in [3.63, 3.8) is 0 Å². The maximum Gasteiger partial charge on any atom is 0.124 e. The number of thioether (sulfide) groups is 1. The molecular formula is C15H20FNO2S. The molecule has 2 saturated heterocycles. The Morgan fingerprint density at radius 3 is 2.85 bits per heavy atom. The van der Waals surface area contributed by atoms with Crippen LogP contribution >= 0.6 is 11.8 Å². The number of rotatable bonds is 2. The van der Waals surface area contributed by atoms with Crippen molar-refractivity contribution < 1.29 is 13.9 Å². The zero-order chi connectivity index (χ0) is 14.0. The summed E-state index contributed by atoms with van der Waals surface area (Å²) in [6.07, 6.45) is 3.91. The lowest BCUT2D eigenvalue weighted by molar-refractivity contribution is -0.131. The molecular weight excluding hydrogens is 277 g/mol. The Morgan fingerprint density at radius 1 is 1.25 bits per heavy atom. The van der Waals surface area contributed by atoms with Crippen molar-refractivity contribution in [2.75, 3.05) is 25.6 Å². The van der Waals surface area contributed by atoms with Crippen LogP contribution < -0.4 is 5.73 Å². The van der Waals surface area contributed by atoms with Gasteiger partial charge in [-0.05, 0) is 43.9 Å². The van der Waals surface area contributed by atoms with Crippen LogP contribution in [-0.4, -0.2) is 30.7 Å². The highest BCUT2D eigenvalue weighted by Gasteiger charge is 2.39. The molecule has 110 valence electrons. The third kappa shape index (κ3) is 3.10. The van der Waals surface area contributed by atoms with Gasteiger partial charge in [0.15, 0.2) is 0 Å². The second-order valence-corrected chi connectivity index (χ2v) is 6.90. The van der Waals surface area contributed by atoms with E-state index in [1.54, 1.807) is 17.8 Å². The normalized spacial score (nSPS) is 25.8. The Labute approximate surface area is 123 Å². The van der Waals surface area contributed by atoms with Crippen LogP contribution in [0.25, 0.3) is 0 Å². The minimum Gasteiger partial charge on any atom is -0.398 e. The Bertz CT molecular complexity index is 471. The van der Waals surface area contributed by atoms with Crippen molar-refractivity contribution >= 4 is 17.4 Å². The van der Waals surface area contributed by atoms with Crippen LogP contribution in [-0.2, 0) is 9.47 Å². The molecule has 1 atom stereocenters. The van der Waals surface area contributed by atoms with Crippen LogP contribution in [0.15, 0.2) is 23.1 Å². The number of hydrogen-bond acceptors (Lipinski definition) is 4. The minimum absolute atomic E-state index is 0.0315. The molecule has 2 N–H and O–H groups in total. The average molecular weight is 297 g/mol. The van der Waals surface area contributed by atoms with Crippen molar-refractivity contribution in [2.45, 2.75) is 41.4 Å². The lowest BCUT2D eigenvalue weighted by atomic mass is 9.86. The molecule has 0 aliphatic carbocycles. The molecule has 1 unspecified atom stereocenters. The van der Waals surface area contributed by atoms with Gasteiger partial charge >= 0.3 is 0 Å².